The van der Waals surface area contributed by atoms with Gasteiger partial charge in [-0.1, -0.05) is 29.3 Å². The van der Waals surface area contributed by atoms with Crippen LogP contribution in [-0.4, -0.2) is 38.1 Å². The Morgan fingerprint density at radius 1 is 1.30 bits per heavy atom. The minimum absolute atomic E-state index is 0.0955. The molecule has 0 atom stereocenters. The molecule has 0 radical (unpaired) electrons. The molecule has 1 amide bonds. The van der Waals surface area contributed by atoms with Gasteiger partial charge in [-0.2, -0.15) is 0 Å². The fraction of sp³-hybridized carbons (Fsp3) is 0.125. The number of pyridine rings is 1. The van der Waals surface area contributed by atoms with Crippen molar-refractivity contribution in [2.75, 3.05) is 6.54 Å². The molecule has 3 rings (SSSR count). The summed E-state index contributed by atoms with van der Waals surface area (Å²) >= 11 is 13.6. The number of halogens is 2. The van der Waals surface area contributed by atoms with Gasteiger partial charge in [0, 0.05) is 21.9 Å². The Hall–Kier alpha value is -2.49. The lowest BCUT2D eigenvalue weighted by Gasteiger charge is -2.09. The van der Waals surface area contributed by atoms with Crippen LogP contribution < -0.4 is 10.7 Å². The van der Waals surface area contributed by atoms with Gasteiger partial charge in [-0.3, -0.25) is 19.5 Å². The van der Waals surface area contributed by atoms with Crippen molar-refractivity contribution in [3.8, 4) is 0 Å². The van der Waals surface area contributed by atoms with Crippen LogP contribution in [0.4, 0.5) is 0 Å². The van der Waals surface area contributed by atoms with E-state index in [2.05, 4.69) is 15.4 Å². The minimum atomic E-state index is -1.22. The molecule has 0 fully saturated rings. The van der Waals surface area contributed by atoms with Crippen LogP contribution in [0.5, 0.6) is 0 Å². The molecule has 0 aliphatic carbocycles. The summed E-state index contributed by atoms with van der Waals surface area (Å²) in [5.74, 6) is -1.63. The van der Waals surface area contributed by atoms with E-state index in [0.717, 1.165) is 5.56 Å². The summed E-state index contributed by atoms with van der Waals surface area (Å²) in [5, 5.41) is 15.2. The number of benzene rings is 1. The van der Waals surface area contributed by atoms with Gasteiger partial charge in [0.15, 0.2) is 11.1 Å². The smallest absolute Gasteiger partial charge is 0.322 e. The second kappa shape index (κ2) is 8.03. The summed E-state index contributed by atoms with van der Waals surface area (Å²) in [5.41, 5.74) is 0.00309. The number of thioether (sulfide) groups is 1. The molecular formula is C16H12Cl2N4O4S. The first-order valence-corrected chi connectivity index (χ1v) is 9.27. The molecule has 2 aromatic heterocycles. The molecule has 8 nitrogen and oxygen atoms in total. The van der Waals surface area contributed by atoms with Crippen molar-refractivity contribution in [1.82, 2.24) is 19.9 Å². The Morgan fingerprint density at radius 3 is 2.67 bits per heavy atom. The highest BCUT2D eigenvalue weighted by Crippen LogP contribution is 2.31. The molecular weight excluding hydrogens is 415 g/mol. The quantitative estimate of drug-likeness (QED) is 0.521. The normalized spacial score (nSPS) is 10.9. The van der Waals surface area contributed by atoms with E-state index < -0.39 is 23.9 Å². The van der Waals surface area contributed by atoms with E-state index in [1.807, 2.05) is 0 Å². The Labute approximate surface area is 166 Å². The predicted octanol–water partition coefficient (Wildman–Crippen LogP) is 2.44. The number of fused-ring (bicyclic) bond motifs is 1. The highest BCUT2D eigenvalue weighted by molar-refractivity contribution is 7.98. The van der Waals surface area contributed by atoms with E-state index in [4.69, 9.17) is 28.3 Å². The van der Waals surface area contributed by atoms with E-state index in [1.54, 1.807) is 18.2 Å². The van der Waals surface area contributed by atoms with E-state index in [0.29, 0.717) is 20.8 Å². The molecule has 11 heteroatoms. The fourth-order valence-electron chi connectivity index (χ4n) is 2.35. The lowest BCUT2D eigenvalue weighted by atomic mass is 10.2. The van der Waals surface area contributed by atoms with Gasteiger partial charge in [0.2, 0.25) is 0 Å². The maximum Gasteiger partial charge on any atom is 0.322 e. The van der Waals surface area contributed by atoms with Crippen molar-refractivity contribution >= 4 is 52.5 Å². The van der Waals surface area contributed by atoms with Crippen LogP contribution in [0.2, 0.25) is 10.0 Å². The van der Waals surface area contributed by atoms with E-state index in [1.165, 1.54) is 28.7 Å². The zero-order valence-corrected chi connectivity index (χ0v) is 15.9. The number of nitrogens with zero attached hydrogens (tertiary/aromatic N) is 2. The van der Waals surface area contributed by atoms with Gasteiger partial charge in [0.1, 0.15) is 23.5 Å². The molecule has 140 valence electrons. The summed E-state index contributed by atoms with van der Waals surface area (Å²) in [6.07, 6.45) is 1.33. The molecule has 27 heavy (non-hydrogen) atoms. The SMILES string of the molecule is O=C(O)CNC(=O)c1c(=O)cc(SCc2c(Cl)cccc2Cl)n2[nH]cnc12. The number of hydrogen-bond donors (Lipinski definition) is 3. The first kappa shape index (κ1) is 19.3. The highest BCUT2D eigenvalue weighted by Gasteiger charge is 2.20. The van der Waals surface area contributed by atoms with Crippen molar-refractivity contribution in [2.45, 2.75) is 10.8 Å². The molecule has 3 aromatic rings. The average molecular weight is 427 g/mol. The molecule has 3 N–H and O–H groups in total. The number of carboxylic acids is 1. The summed E-state index contributed by atoms with van der Waals surface area (Å²) in [6.45, 7) is -0.601. The van der Waals surface area contributed by atoms with Crippen molar-refractivity contribution in [3.63, 3.8) is 0 Å². The summed E-state index contributed by atoms with van der Waals surface area (Å²) in [6, 6.07) is 6.45. The highest BCUT2D eigenvalue weighted by atomic mass is 35.5. The van der Waals surface area contributed by atoms with Crippen LogP contribution in [0.25, 0.3) is 5.65 Å². The second-order valence-electron chi connectivity index (χ2n) is 5.33. The number of aliphatic carboxylic acids is 1. The number of amides is 1. The Morgan fingerprint density at radius 2 is 2.00 bits per heavy atom. The maximum atomic E-state index is 12.4. The molecule has 1 aromatic carbocycles. The Bertz CT molecular complexity index is 1080. The lowest BCUT2D eigenvalue weighted by Crippen LogP contribution is -2.33. The molecule has 0 aliphatic heterocycles. The fourth-order valence-corrected chi connectivity index (χ4v) is 4.10. The second-order valence-corrected chi connectivity index (χ2v) is 7.14. The van der Waals surface area contributed by atoms with Crippen molar-refractivity contribution in [1.29, 1.82) is 0 Å². The zero-order chi connectivity index (χ0) is 19.6. The average Bonchev–Trinajstić information content (AvgIpc) is 3.08. The number of carbonyl (C=O) groups excluding carboxylic acids is 1. The largest absolute Gasteiger partial charge is 0.480 e. The number of H-pyrrole nitrogens is 1. The number of rotatable bonds is 6. The summed E-state index contributed by atoms with van der Waals surface area (Å²) in [4.78, 5) is 39.3. The van der Waals surface area contributed by atoms with Gasteiger partial charge in [0.25, 0.3) is 5.91 Å². The van der Waals surface area contributed by atoms with Gasteiger partial charge in [-0.15, -0.1) is 11.8 Å². The van der Waals surface area contributed by atoms with Crippen LogP contribution in [-0.2, 0) is 10.5 Å². The third kappa shape index (κ3) is 4.10. The van der Waals surface area contributed by atoms with Crippen LogP contribution in [0, 0.1) is 0 Å². The van der Waals surface area contributed by atoms with Crippen LogP contribution >= 0.6 is 35.0 Å². The maximum absolute atomic E-state index is 12.4. The van der Waals surface area contributed by atoms with Crippen LogP contribution in [0.15, 0.2) is 40.4 Å². The number of hydrogen-bond acceptors (Lipinski definition) is 5. The third-order valence-corrected chi connectivity index (χ3v) is 5.32. The standard InChI is InChI=1S/C16H12Cl2N4O4S/c17-9-2-1-3-10(18)8(9)6-27-12-4-11(23)14(15-20-7-21-22(12)15)16(26)19-5-13(24)25/h1-4,7H,5-6H2,(H,19,26)(H,20,21)(H,24,25). The molecule has 0 saturated heterocycles. The van der Waals surface area contributed by atoms with Gasteiger partial charge < -0.3 is 10.4 Å². The van der Waals surface area contributed by atoms with Gasteiger partial charge in [-0.25, -0.2) is 9.50 Å². The summed E-state index contributed by atoms with van der Waals surface area (Å²) < 4.78 is 1.46. The third-order valence-electron chi connectivity index (χ3n) is 3.58. The van der Waals surface area contributed by atoms with Gasteiger partial charge in [0.05, 0.1) is 0 Å². The molecule has 0 bridgehead atoms. The topological polar surface area (TPSA) is 117 Å². The van der Waals surface area contributed by atoms with Crippen molar-refractivity contribution < 1.29 is 14.7 Å². The number of aromatic nitrogens is 3. The van der Waals surface area contributed by atoms with Crippen molar-refractivity contribution in [3.05, 3.63) is 62.0 Å². The van der Waals surface area contributed by atoms with Gasteiger partial charge in [-0.05, 0) is 17.7 Å². The molecule has 0 aliphatic rings. The summed E-state index contributed by atoms with van der Waals surface area (Å²) in [7, 11) is 0. The first-order chi connectivity index (χ1) is 12.9. The molecule has 0 unspecified atom stereocenters. The number of aromatic amines is 1. The monoisotopic (exact) mass is 426 g/mol. The predicted molar refractivity (Wildman–Crippen MR) is 102 cm³/mol. The Kier molecular flexibility index (Phi) is 5.73. The Balaban J connectivity index is 1.94. The number of nitrogens with one attached hydrogen (secondary N) is 2. The van der Waals surface area contributed by atoms with Gasteiger partial charge >= 0.3 is 5.97 Å². The van der Waals surface area contributed by atoms with Crippen LogP contribution in [0.3, 0.4) is 0 Å². The van der Waals surface area contributed by atoms with Crippen molar-refractivity contribution in [2.24, 2.45) is 0 Å². The van der Waals surface area contributed by atoms with E-state index in [-0.39, 0.29) is 11.2 Å². The van der Waals surface area contributed by atoms with Crippen LogP contribution in [0.1, 0.15) is 15.9 Å². The first-order valence-electron chi connectivity index (χ1n) is 7.53. The van der Waals surface area contributed by atoms with E-state index >= 15 is 0 Å². The minimum Gasteiger partial charge on any atom is -0.480 e. The lowest BCUT2D eigenvalue weighted by molar-refractivity contribution is -0.135. The number of carbonyl (C=O) groups is 2. The van der Waals surface area contributed by atoms with E-state index in [9.17, 15) is 14.4 Å². The number of carboxylic acid groups (broad SMARTS) is 1. The molecule has 2 heterocycles. The molecule has 0 spiro atoms. The molecule has 0 saturated carbocycles. The zero-order valence-electron chi connectivity index (χ0n) is 13.5.